The molecule has 1 aromatic heterocycles. The smallest absolute Gasteiger partial charge is 0.243 e. The maximum atomic E-state index is 12.9. The molecule has 144 valence electrons. The van der Waals surface area contributed by atoms with Crippen LogP contribution in [0.2, 0.25) is 0 Å². The summed E-state index contributed by atoms with van der Waals surface area (Å²) in [5, 5.41) is 2.62. The first-order valence-electron chi connectivity index (χ1n) is 8.69. The van der Waals surface area contributed by atoms with Gasteiger partial charge >= 0.3 is 0 Å². The fourth-order valence-corrected chi connectivity index (χ4v) is 4.46. The molecule has 3 rings (SSSR count). The van der Waals surface area contributed by atoms with Gasteiger partial charge in [-0.05, 0) is 44.0 Å². The Hall–Kier alpha value is -2.52. The Morgan fingerprint density at radius 2 is 2.00 bits per heavy atom. The normalized spacial score (nSPS) is 18.1. The molecule has 2 heterocycles. The van der Waals surface area contributed by atoms with E-state index in [1.807, 2.05) is 0 Å². The minimum atomic E-state index is -3.63. The highest BCUT2D eigenvalue weighted by Crippen LogP contribution is 2.24. The average Bonchev–Trinajstić information content (AvgIpc) is 2.62. The van der Waals surface area contributed by atoms with Crippen LogP contribution >= 0.6 is 0 Å². The molecule has 9 heteroatoms. The third kappa shape index (κ3) is 4.81. The summed E-state index contributed by atoms with van der Waals surface area (Å²) in [4.78, 5) is 19.5. The van der Waals surface area contributed by atoms with Gasteiger partial charge in [0, 0.05) is 31.4 Å². The summed E-state index contributed by atoms with van der Waals surface area (Å²) in [5.74, 6) is 0.847. The molecule has 2 aromatic rings. The minimum Gasteiger partial charge on any atom is -0.473 e. The Balaban J connectivity index is 1.71. The molecule has 1 aromatic carbocycles. The van der Waals surface area contributed by atoms with Crippen LogP contribution < -0.4 is 10.1 Å². The topological polar surface area (TPSA) is 101 Å². The van der Waals surface area contributed by atoms with Crippen molar-refractivity contribution in [2.45, 2.75) is 37.7 Å². The Kier molecular flexibility index (Phi) is 5.71. The van der Waals surface area contributed by atoms with Gasteiger partial charge in [0.15, 0.2) is 0 Å². The molecule has 1 saturated heterocycles. The van der Waals surface area contributed by atoms with Crippen molar-refractivity contribution in [3.63, 3.8) is 0 Å². The molecule has 1 aliphatic heterocycles. The van der Waals surface area contributed by atoms with Gasteiger partial charge < -0.3 is 10.1 Å². The number of hydrogen-bond donors (Lipinski definition) is 1. The van der Waals surface area contributed by atoms with E-state index in [4.69, 9.17) is 4.74 Å². The van der Waals surface area contributed by atoms with E-state index >= 15 is 0 Å². The zero-order chi connectivity index (χ0) is 19.4. The van der Waals surface area contributed by atoms with E-state index < -0.39 is 10.0 Å². The number of ether oxygens (including phenoxy) is 1. The number of nitrogens with one attached hydrogen (secondary N) is 1. The fourth-order valence-electron chi connectivity index (χ4n) is 2.95. The number of aryl methyl sites for hydroxylation is 1. The van der Waals surface area contributed by atoms with Crippen molar-refractivity contribution < 1.29 is 17.9 Å². The van der Waals surface area contributed by atoms with E-state index in [0.29, 0.717) is 30.4 Å². The minimum absolute atomic E-state index is 0.190. The molecule has 0 spiro atoms. The molecule has 8 nitrogen and oxygen atoms in total. The highest BCUT2D eigenvalue weighted by atomic mass is 32.2. The van der Waals surface area contributed by atoms with Crippen LogP contribution in [-0.2, 0) is 14.8 Å². The number of piperidine rings is 1. The van der Waals surface area contributed by atoms with Crippen LogP contribution in [0.15, 0.2) is 41.4 Å². The van der Waals surface area contributed by atoms with Gasteiger partial charge in [-0.25, -0.2) is 13.4 Å². The number of sulfonamides is 1. The number of benzene rings is 1. The van der Waals surface area contributed by atoms with Gasteiger partial charge in [-0.2, -0.15) is 9.29 Å². The zero-order valence-corrected chi connectivity index (χ0v) is 16.1. The van der Waals surface area contributed by atoms with E-state index in [1.165, 1.54) is 23.4 Å². The molecule has 0 bridgehead atoms. The van der Waals surface area contributed by atoms with Gasteiger partial charge in [-0.15, -0.1) is 0 Å². The van der Waals surface area contributed by atoms with Gasteiger partial charge in [0.05, 0.1) is 11.4 Å². The third-order valence-electron chi connectivity index (χ3n) is 4.19. The lowest BCUT2D eigenvalue weighted by molar-refractivity contribution is -0.114. The van der Waals surface area contributed by atoms with Gasteiger partial charge in [0.1, 0.15) is 11.9 Å². The van der Waals surface area contributed by atoms with Gasteiger partial charge in [0.25, 0.3) is 0 Å². The largest absolute Gasteiger partial charge is 0.473 e. The lowest BCUT2D eigenvalue weighted by atomic mass is 10.1. The van der Waals surface area contributed by atoms with Gasteiger partial charge in [0.2, 0.25) is 21.8 Å². The van der Waals surface area contributed by atoms with Crippen LogP contribution in [0, 0.1) is 6.92 Å². The summed E-state index contributed by atoms with van der Waals surface area (Å²) in [6.07, 6.45) is 2.82. The molecular weight excluding hydrogens is 368 g/mol. The Morgan fingerprint density at radius 3 is 2.67 bits per heavy atom. The van der Waals surface area contributed by atoms with E-state index in [-0.39, 0.29) is 23.5 Å². The summed E-state index contributed by atoms with van der Waals surface area (Å²) >= 11 is 0. The van der Waals surface area contributed by atoms with Crippen molar-refractivity contribution >= 4 is 21.6 Å². The second-order valence-electron chi connectivity index (χ2n) is 6.39. The SMILES string of the molecule is CC(=O)Nc1ccc(S(=O)(=O)N2CCCC(Oc3ccnc(C)n3)C2)cc1. The lowest BCUT2D eigenvalue weighted by Gasteiger charge is -2.31. The van der Waals surface area contributed by atoms with Crippen molar-refractivity contribution in [1.29, 1.82) is 0 Å². The van der Waals surface area contributed by atoms with Crippen molar-refractivity contribution in [2.24, 2.45) is 0 Å². The molecule has 1 atom stereocenters. The predicted octanol–water partition coefficient (Wildman–Crippen LogP) is 1.98. The highest BCUT2D eigenvalue weighted by Gasteiger charge is 2.31. The Morgan fingerprint density at radius 1 is 1.26 bits per heavy atom. The molecular formula is C18H22N4O4S. The van der Waals surface area contributed by atoms with Crippen LogP contribution in [0.25, 0.3) is 0 Å². The van der Waals surface area contributed by atoms with Gasteiger partial charge in [-0.3, -0.25) is 4.79 Å². The van der Waals surface area contributed by atoms with Crippen LogP contribution in [0.5, 0.6) is 5.88 Å². The van der Waals surface area contributed by atoms with E-state index in [2.05, 4.69) is 15.3 Å². The quantitative estimate of drug-likeness (QED) is 0.838. The fraction of sp³-hybridized carbons (Fsp3) is 0.389. The molecule has 1 amide bonds. The summed E-state index contributed by atoms with van der Waals surface area (Å²) in [6, 6.07) is 7.82. The number of carbonyl (C=O) groups excluding carboxylic acids is 1. The van der Waals surface area contributed by atoms with Crippen molar-refractivity contribution in [2.75, 3.05) is 18.4 Å². The number of amides is 1. The summed E-state index contributed by atoms with van der Waals surface area (Å²) in [7, 11) is -3.63. The Bertz CT molecular complexity index is 915. The standard InChI is InChI=1S/C18H22N4O4S/c1-13-19-10-9-18(20-13)26-16-4-3-11-22(12-16)27(24,25)17-7-5-15(6-8-17)21-14(2)23/h5-10,16H,3-4,11-12H2,1-2H3,(H,21,23). The van der Waals surface area contributed by atoms with Crippen molar-refractivity contribution in [1.82, 2.24) is 14.3 Å². The molecule has 1 unspecified atom stereocenters. The first kappa shape index (κ1) is 19.2. The second-order valence-corrected chi connectivity index (χ2v) is 8.33. The average molecular weight is 390 g/mol. The molecule has 0 radical (unpaired) electrons. The zero-order valence-electron chi connectivity index (χ0n) is 15.3. The number of rotatable bonds is 5. The molecule has 0 aliphatic carbocycles. The molecule has 0 saturated carbocycles. The second kappa shape index (κ2) is 8.01. The van der Waals surface area contributed by atoms with Crippen LogP contribution in [0.1, 0.15) is 25.6 Å². The van der Waals surface area contributed by atoms with Crippen LogP contribution in [-0.4, -0.2) is 47.8 Å². The maximum absolute atomic E-state index is 12.9. The van der Waals surface area contributed by atoms with E-state index in [0.717, 1.165) is 6.42 Å². The lowest BCUT2D eigenvalue weighted by Crippen LogP contribution is -2.44. The molecule has 1 aliphatic rings. The molecule has 27 heavy (non-hydrogen) atoms. The molecule has 1 fully saturated rings. The first-order chi connectivity index (χ1) is 12.8. The number of anilines is 1. The number of nitrogens with zero attached hydrogens (tertiary/aromatic N) is 3. The monoisotopic (exact) mass is 390 g/mol. The number of aromatic nitrogens is 2. The summed E-state index contributed by atoms with van der Waals surface area (Å²) < 4.78 is 33.1. The summed E-state index contributed by atoms with van der Waals surface area (Å²) in [6.45, 7) is 3.88. The van der Waals surface area contributed by atoms with Gasteiger partial charge in [-0.1, -0.05) is 0 Å². The Labute approximate surface area is 158 Å². The first-order valence-corrected chi connectivity index (χ1v) is 10.1. The highest BCUT2D eigenvalue weighted by molar-refractivity contribution is 7.89. The van der Waals surface area contributed by atoms with Crippen molar-refractivity contribution in [3.05, 3.63) is 42.4 Å². The van der Waals surface area contributed by atoms with E-state index in [1.54, 1.807) is 31.3 Å². The number of carbonyl (C=O) groups is 1. The molecule has 1 N–H and O–H groups in total. The predicted molar refractivity (Wildman–Crippen MR) is 99.9 cm³/mol. The third-order valence-corrected chi connectivity index (χ3v) is 6.07. The summed E-state index contributed by atoms with van der Waals surface area (Å²) in [5.41, 5.74) is 0.556. The van der Waals surface area contributed by atoms with Crippen LogP contribution in [0.3, 0.4) is 0 Å². The van der Waals surface area contributed by atoms with Crippen LogP contribution in [0.4, 0.5) is 5.69 Å². The maximum Gasteiger partial charge on any atom is 0.243 e. The van der Waals surface area contributed by atoms with E-state index in [9.17, 15) is 13.2 Å². The van der Waals surface area contributed by atoms with Crippen molar-refractivity contribution in [3.8, 4) is 5.88 Å². The number of hydrogen-bond acceptors (Lipinski definition) is 6.